The lowest BCUT2D eigenvalue weighted by atomic mass is 9.80. The minimum absolute atomic E-state index is 0.0609. The molecule has 2 aromatic carbocycles. The molecule has 1 saturated heterocycles. The van der Waals surface area contributed by atoms with Crippen LogP contribution in [-0.4, -0.2) is 75.7 Å². The predicted molar refractivity (Wildman–Crippen MR) is 170 cm³/mol. The molecule has 42 heavy (non-hydrogen) atoms. The summed E-state index contributed by atoms with van der Waals surface area (Å²) in [5.74, 6) is 7.12. The first-order chi connectivity index (χ1) is 20.2. The molecule has 3 aromatic rings. The molecule has 2 fully saturated rings. The molecule has 0 spiro atoms. The summed E-state index contributed by atoms with van der Waals surface area (Å²) in [5.41, 5.74) is 4.12. The molecule has 1 saturated carbocycles. The van der Waals surface area contributed by atoms with Gasteiger partial charge in [-0.1, -0.05) is 18.9 Å². The molecule has 1 aliphatic heterocycles. The molecule has 0 atom stereocenters. The normalized spacial score (nSPS) is 21.5. The lowest BCUT2D eigenvalue weighted by Crippen LogP contribution is -2.49. The quantitative estimate of drug-likeness (QED) is 0.323. The van der Waals surface area contributed by atoms with E-state index in [1.165, 1.54) is 48.9 Å². The summed E-state index contributed by atoms with van der Waals surface area (Å²) < 4.78 is 37.1. The number of anilines is 2. The Hall–Kier alpha value is -3.19. The summed E-state index contributed by atoms with van der Waals surface area (Å²) in [6, 6.07) is 14.2. The van der Waals surface area contributed by atoms with E-state index < -0.39 is 9.84 Å². The Bertz CT molecular complexity index is 1560. The van der Waals surface area contributed by atoms with Crippen LogP contribution >= 0.6 is 0 Å². The molecule has 2 aliphatic rings. The Morgan fingerprint density at radius 2 is 1.86 bits per heavy atom. The summed E-state index contributed by atoms with van der Waals surface area (Å²) in [6.45, 7) is 9.68. The van der Waals surface area contributed by atoms with E-state index in [-0.39, 0.29) is 10.4 Å². The van der Waals surface area contributed by atoms with Crippen molar-refractivity contribution in [3.05, 3.63) is 48.2 Å². The van der Waals surface area contributed by atoms with Crippen LogP contribution in [0.1, 0.15) is 51.6 Å². The molecule has 8 nitrogen and oxygen atoms in total. The number of benzene rings is 2. The van der Waals surface area contributed by atoms with Crippen molar-refractivity contribution in [2.75, 3.05) is 56.8 Å². The SMILES string of the molecule is CCCn1c(C#CCNc2ccc(S(C)(=O)=O)cc2OC)cc2c(NC3(C)CCC(N4CCOCC4)CC3)cccc21. The third kappa shape index (κ3) is 6.88. The third-order valence-electron chi connectivity index (χ3n) is 8.63. The van der Waals surface area contributed by atoms with Gasteiger partial charge >= 0.3 is 0 Å². The number of aryl methyl sites for hydroxylation is 1. The van der Waals surface area contributed by atoms with Crippen LogP contribution in [0, 0.1) is 11.8 Å². The first-order valence-corrected chi connectivity index (χ1v) is 16.9. The molecule has 5 rings (SSSR count). The van der Waals surface area contributed by atoms with E-state index >= 15 is 0 Å². The number of ether oxygens (including phenoxy) is 2. The van der Waals surface area contributed by atoms with Gasteiger partial charge in [-0.05, 0) is 75.3 Å². The van der Waals surface area contributed by atoms with E-state index in [4.69, 9.17) is 9.47 Å². The molecule has 0 bridgehead atoms. The Morgan fingerprint density at radius 3 is 2.55 bits per heavy atom. The standard InChI is InChI=1S/C33H44N4O4S/c1-5-18-37-26(8-7-17-34-30-12-11-27(42(4,38)39)24-32(30)40-3)23-28-29(9-6-10-31(28)37)35-33(2)15-13-25(14-16-33)36-19-21-41-22-20-36/h6,9-12,23-25,34-35H,5,13-22H2,1-4H3. The number of nitrogens with zero attached hydrogens (tertiary/aromatic N) is 2. The first-order valence-electron chi connectivity index (χ1n) is 15.0. The molecular weight excluding hydrogens is 548 g/mol. The number of hydrogen-bond donors (Lipinski definition) is 2. The highest BCUT2D eigenvalue weighted by Crippen LogP contribution is 2.37. The number of morpholine rings is 1. The summed E-state index contributed by atoms with van der Waals surface area (Å²) >= 11 is 0. The van der Waals surface area contributed by atoms with Crippen LogP contribution in [0.3, 0.4) is 0 Å². The van der Waals surface area contributed by atoms with Gasteiger partial charge in [-0.2, -0.15) is 0 Å². The molecule has 2 N–H and O–H groups in total. The van der Waals surface area contributed by atoms with Crippen molar-refractivity contribution in [1.29, 1.82) is 0 Å². The third-order valence-corrected chi connectivity index (χ3v) is 9.75. The maximum atomic E-state index is 11.9. The molecule has 0 unspecified atom stereocenters. The van der Waals surface area contributed by atoms with Gasteiger partial charge in [0, 0.05) is 54.6 Å². The van der Waals surface area contributed by atoms with Crippen molar-refractivity contribution < 1.29 is 17.9 Å². The van der Waals surface area contributed by atoms with E-state index in [1.54, 1.807) is 12.1 Å². The van der Waals surface area contributed by atoms with Crippen molar-refractivity contribution in [1.82, 2.24) is 9.47 Å². The second-order valence-electron chi connectivity index (χ2n) is 11.8. The Morgan fingerprint density at radius 1 is 1.10 bits per heavy atom. The number of methoxy groups -OCH3 is 1. The van der Waals surface area contributed by atoms with Gasteiger partial charge in [0.2, 0.25) is 0 Å². The van der Waals surface area contributed by atoms with E-state index in [0.29, 0.717) is 24.0 Å². The summed E-state index contributed by atoms with van der Waals surface area (Å²) in [6.07, 6.45) is 6.92. The fourth-order valence-corrected chi connectivity index (χ4v) is 6.92. The molecule has 2 heterocycles. The minimum atomic E-state index is -3.31. The van der Waals surface area contributed by atoms with E-state index in [0.717, 1.165) is 57.8 Å². The van der Waals surface area contributed by atoms with Gasteiger partial charge in [0.05, 0.1) is 48.7 Å². The van der Waals surface area contributed by atoms with Crippen LogP contribution in [0.2, 0.25) is 0 Å². The van der Waals surface area contributed by atoms with Gasteiger partial charge in [0.25, 0.3) is 0 Å². The van der Waals surface area contributed by atoms with E-state index in [9.17, 15) is 8.42 Å². The van der Waals surface area contributed by atoms with Crippen LogP contribution in [-0.2, 0) is 21.1 Å². The van der Waals surface area contributed by atoms with Crippen LogP contribution in [0.25, 0.3) is 10.9 Å². The van der Waals surface area contributed by atoms with Gasteiger partial charge in [-0.15, -0.1) is 0 Å². The number of sulfone groups is 1. The molecule has 226 valence electrons. The van der Waals surface area contributed by atoms with Crippen molar-refractivity contribution in [3.63, 3.8) is 0 Å². The zero-order valence-electron chi connectivity index (χ0n) is 25.3. The Labute approximate surface area is 250 Å². The van der Waals surface area contributed by atoms with Gasteiger partial charge in [0.15, 0.2) is 9.84 Å². The van der Waals surface area contributed by atoms with Crippen LogP contribution in [0.4, 0.5) is 11.4 Å². The lowest BCUT2D eigenvalue weighted by molar-refractivity contribution is 0.00491. The van der Waals surface area contributed by atoms with Crippen molar-refractivity contribution in [2.45, 2.75) is 69.0 Å². The molecular formula is C33H44N4O4S. The average Bonchev–Trinajstić information content (AvgIpc) is 3.34. The van der Waals surface area contributed by atoms with Crippen molar-refractivity contribution in [2.24, 2.45) is 0 Å². The largest absolute Gasteiger partial charge is 0.495 e. The molecule has 9 heteroatoms. The molecule has 0 amide bonds. The summed E-state index contributed by atoms with van der Waals surface area (Å²) in [5, 5.41) is 8.43. The Kier molecular flexibility index (Phi) is 9.36. The smallest absolute Gasteiger partial charge is 0.175 e. The van der Waals surface area contributed by atoms with Gasteiger partial charge in [-0.25, -0.2) is 8.42 Å². The number of nitrogens with one attached hydrogen (secondary N) is 2. The second-order valence-corrected chi connectivity index (χ2v) is 13.8. The number of aromatic nitrogens is 1. The molecule has 0 radical (unpaired) electrons. The molecule has 1 aromatic heterocycles. The van der Waals surface area contributed by atoms with Crippen LogP contribution in [0.15, 0.2) is 47.4 Å². The zero-order chi connectivity index (χ0) is 29.7. The summed E-state index contributed by atoms with van der Waals surface area (Å²) in [7, 11) is -1.78. The topological polar surface area (TPSA) is 84.8 Å². The predicted octanol–water partition coefficient (Wildman–Crippen LogP) is 5.37. The number of rotatable bonds is 9. The number of hydrogen-bond acceptors (Lipinski definition) is 7. The molecule has 1 aliphatic carbocycles. The monoisotopic (exact) mass is 592 g/mol. The highest BCUT2D eigenvalue weighted by molar-refractivity contribution is 7.90. The lowest BCUT2D eigenvalue weighted by Gasteiger charge is -2.43. The van der Waals surface area contributed by atoms with E-state index in [1.807, 2.05) is 0 Å². The first kappa shape index (κ1) is 30.3. The van der Waals surface area contributed by atoms with Crippen LogP contribution in [0.5, 0.6) is 5.75 Å². The van der Waals surface area contributed by atoms with E-state index in [2.05, 4.69) is 70.1 Å². The maximum absolute atomic E-state index is 11.9. The minimum Gasteiger partial charge on any atom is -0.495 e. The fraction of sp³-hybridized carbons (Fsp3) is 0.515. The highest BCUT2D eigenvalue weighted by Gasteiger charge is 2.34. The van der Waals surface area contributed by atoms with Crippen molar-refractivity contribution >= 4 is 32.1 Å². The second kappa shape index (κ2) is 13.0. The van der Waals surface area contributed by atoms with Crippen molar-refractivity contribution in [3.8, 4) is 17.6 Å². The summed E-state index contributed by atoms with van der Waals surface area (Å²) in [4.78, 5) is 2.85. The number of fused-ring (bicyclic) bond motifs is 1. The highest BCUT2D eigenvalue weighted by atomic mass is 32.2. The van der Waals surface area contributed by atoms with Gasteiger partial charge in [0.1, 0.15) is 5.75 Å². The maximum Gasteiger partial charge on any atom is 0.175 e. The van der Waals surface area contributed by atoms with Gasteiger partial charge < -0.3 is 24.7 Å². The average molecular weight is 593 g/mol. The zero-order valence-corrected chi connectivity index (χ0v) is 26.1. The Balaban J connectivity index is 1.31. The van der Waals surface area contributed by atoms with Gasteiger partial charge in [-0.3, -0.25) is 4.90 Å². The fourth-order valence-electron chi connectivity index (χ4n) is 6.28. The van der Waals surface area contributed by atoms with Crippen LogP contribution < -0.4 is 15.4 Å².